The minimum atomic E-state index is -3.49. The standard InChI is InChI=1S/C17H26N6O2S/c1-14-17(26(24,25)20(3)4)15(2)23(19-14)13-21-9-11-22(12-10-21)16-7-5-6-8-18-16/h5-8H,9-13H2,1-4H3. The second-order valence-corrected chi connectivity index (χ2v) is 8.81. The first-order valence-electron chi connectivity index (χ1n) is 8.65. The Labute approximate surface area is 155 Å². The molecule has 0 saturated carbocycles. The van der Waals surface area contributed by atoms with Crippen molar-refractivity contribution in [1.82, 2.24) is 24.0 Å². The SMILES string of the molecule is Cc1nn(CN2CCN(c3ccccn3)CC2)c(C)c1S(=O)(=O)N(C)C. The quantitative estimate of drug-likeness (QED) is 0.770. The van der Waals surface area contributed by atoms with Crippen LogP contribution in [0.25, 0.3) is 0 Å². The fraction of sp³-hybridized carbons (Fsp3) is 0.529. The lowest BCUT2D eigenvalue weighted by molar-refractivity contribution is 0.193. The van der Waals surface area contributed by atoms with Gasteiger partial charge in [-0.25, -0.2) is 17.7 Å². The van der Waals surface area contributed by atoms with Crippen molar-refractivity contribution in [3.63, 3.8) is 0 Å². The molecule has 0 spiro atoms. The van der Waals surface area contributed by atoms with Crippen LogP contribution in [0, 0.1) is 13.8 Å². The van der Waals surface area contributed by atoms with E-state index < -0.39 is 10.0 Å². The minimum Gasteiger partial charge on any atom is -0.354 e. The summed E-state index contributed by atoms with van der Waals surface area (Å²) in [4.78, 5) is 9.26. The average molecular weight is 379 g/mol. The van der Waals surface area contributed by atoms with E-state index in [0.29, 0.717) is 23.0 Å². The third-order valence-corrected chi connectivity index (χ3v) is 6.80. The van der Waals surface area contributed by atoms with Crippen molar-refractivity contribution >= 4 is 15.8 Å². The summed E-state index contributed by atoms with van der Waals surface area (Å²) in [5.74, 6) is 0.998. The van der Waals surface area contributed by atoms with Gasteiger partial charge in [0.1, 0.15) is 10.7 Å². The largest absolute Gasteiger partial charge is 0.354 e. The molecule has 1 aliphatic rings. The van der Waals surface area contributed by atoms with Crippen LogP contribution in [0.1, 0.15) is 11.4 Å². The highest BCUT2D eigenvalue weighted by Gasteiger charge is 2.27. The summed E-state index contributed by atoms with van der Waals surface area (Å²) in [7, 11) is -0.400. The number of hydrogen-bond acceptors (Lipinski definition) is 6. The molecular formula is C17H26N6O2S. The second-order valence-electron chi connectivity index (χ2n) is 6.72. The van der Waals surface area contributed by atoms with Crippen molar-refractivity contribution in [2.75, 3.05) is 45.2 Å². The van der Waals surface area contributed by atoms with E-state index >= 15 is 0 Å². The number of anilines is 1. The summed E-state index contributed by atoms with van der Waals surface area (Å²) in [5, 5.41) is 4.47. The topological polar surface area (TPSA) is 74.6 Å². The molecule has 0 bridgehead atoms. The van der Waals surface area contributed by atoms with Gasteiger partial charge in [0.15, 0.2) is 0 Å². The molecule has 1 saturated heterocycles. The van der Waals surface area contributed by atoms with Gasteiger partial charge in [0.2, 0.25) is 10.0 Å². The lowest BCUT2D eigenvalue weighted by Crippen LogP contribution is -2.47. The molecule has 2 aromatic heterocycles. The van der Waals surface area contributed by atoms with Gasteiger partial charge in [0.25, 0.3) is 0 Å². The van der Waals surface area contributed by atoms with Crippen LogP contribution in [0.5, 0.6) is 0 Å². The van der Waals surface area contributed by atoms with Gasteiger partial charge in [0, 0.05) is 46.5 Å². The van der Waals surface area contributed by atoms with Crippen LogP contribution in [0.4, 0.5) is 5.82 Å². The molecule has 0 amide bonds. The zero-order valence-corrected chi connectivity index (χ0v) is 16.6. The highest BCUT2D eigenvalue weighted by molar-refractivity contribution is 7.89. The molecule has 0 unspecified atom stereocenters. The Balaban J connectivity index is 1.70. The molecule has 0 aliphatic carbocycles. The maximum Gasteiger partial charge on any atom is 0.246 e. The molecule has 0 radical (unpaired) electrons. The predicted octanol–water partition coefficient (Wildman–Crippen LogP) is 0.925. The molecule has 8 nitrogen and oxygen atoms in total. The molecule has 142 valence electrons. The third-order valence-electron chi connectivity index (χ3n) is 4.73. The van der Waals surface area contributed by atoms with Crippen molar-refractivity contribution in [1.29, 1.82) is 0 Å². The number of aryl methyl sites for hydroxylation is 1. The highest BCUT2D eigenvalue weighted by atomic mass is 32.2. The number of aromatic nitrogens is 3. The average Bonchev–Trinajstić information content (AvgIpc) is 2.90. The molecule has 0 atom stereocenters. The maximum atomic E-state index is 12.5. The Morgan fingerprint density at radius 1 is 1.12 bits per heavy atom. The molecule has 1 fully saturated rings. The molecule has 1 aliphatic heterocycles. The van der Waals surface area contributed by atoms with Gasteiger partial charge in [-0.2, -0.15) is 5.10 Å². The predicted molar refractivity (Wildman–Crippen MR) is 101 cm³/mol. The van der Waals surface area contributed by atoms with E-state index in [-0.39, 0.29) is 0 Å². The number of rotatable bonds is 5. The van der Waals surface area contributed by atoms with Gasteiger partial charge < -0.3 is 4.90 Å². The van der Waals surface area contributed by atoms with Crippen LogP contribution in [-0.2, 0) is 16.7 Å². The lowest BCUT2D eigenvalue weighted by atomic mass is 10.3. The number of piperazine rings is 1. The van der Waals surface area contributed by atoms with Crippen LogP contribution < -0.4 is 4.90 Å². The van der Waals surface area contributed by atoms with E-state index in [2.05, 4.69) is 19.9 Å². The summed E-state index contributed by atoms with van der Waals surface area (Å²) in [5.41, 5.74) is 1.23. The Hall–Kier alpha value is -1.97. The Bertz CT molecular complexity index is 855. The molecule has 9 heteroatoms. The van der Waals surface area contributed by atoms with Crippen molar-refractivity contribution in [3.8, 4) is 0 Å². The smallest absolute Gasteiger partial charge is 0.246 e. The Morgan fingerprint density at radius 2 is 1.81 bits per heavy atom. The Kier molecular flexibility index (Phi) is 5.31. The van der Waals surface area contributed by atoms with E-state index in [1.807, 2.05) is 31.3 Å². The zero-order chi connectivity index (χ0) is 18.9. The number of hydrogen-bond donors (Lipinski definition) is 0. The van der Waals surface area contributed by atoms with E-state index in [0.717, 1.165) is 32.0 Å². The van der Waals surface area contributed by atoms with Gasteiger partial charge >= 0.3 is 0 Å². The monoisotopic (exact) mass is 378 g/mol. The van der Waals surface area contributed by atoms with Crippen LogP contribution >= 0.6 is 0 Å². The fourth-order valence-electron chi connectivity index (χ4n) is 3.22. The van der Waals surface area contributed by atoms with Gasteiger partial charge in [0.05, 0.1) is 18.1 Å². The normalized spacial score (nSPS) is 16.4. The van der Waals surface area contributed by atoms with E-state index in [4.69, 9.17) is 0 Å². The summed E-state index contributed by atoms with van der Waals surface area (Å²) < 4.78 is 28.1. The number of pyridine rings is 1. The van der Waals surface area contributed by atoms with Gasteiger partial charge in [-0.15, -0.1) is 0 Å². The fourth-order valence-corrected chi connectivity index (χ4v) is 4.48. The van der Waals surface area contributed by atoms with Crippen LogP contribution in [-0.4, -0.2) is 72.7 Å². The van der Waals surface area contributed by atoms with E-state index in [1.54, 1.807) is 25.7 Å². The van der Waals surface area contributed by atoms with E-state index in [9.17, 15) is 8.42 Å². The first-order valence-corrected chi connectivity index (χ1v) is 10.1. The third kappa shape index (κ3) is 3.60. The summed E-state index contributed by atoms with van der Waals surface area (Å²) in [6.07, 6.45) is 1.81. The van der Waals surface area contributed by atoms with Crippen molar-refractivity contribution in [2.24, 2.45) is 0 Å². The molecule has 0 aromatic carbocycles. The summed E-state index contributed by atoms with van der Waals surface area (Å²) in [6.45, 7) is 7.69. The molecular weight excluding hydrogens is 352 g/mol. The van der Waals surface area contributed by atoms with E-state index in [1.165, 1.54) is 4.31 Å². The molecule has 3 heterocycles. The van der Waals surface area contributed by atoms with Crippen LogP contribution in [0.2, 0.25) is 0 Å². The minimum absolute atomic E-state index is 0.314. The first-order chi connectivity index (χ1) is 12.3. The summed E-state index contributed by atoms with van der Waals surface area (Å²) >= 11 is 0. The van der Waals surface area contributed by atoms with Crippen molar-refractivity contribution in [3.05, 3.63) is 35.8 Å². The molecule has 26 heavy (non-hydrogen) atoms. The second kappa shape index (κ2) is 7.34. The number of sulfonamides is 1. The van der Waals surface area contributed by atoms with Gasteiger partial charge in [-0.1, -0.05) is 6.07 Å². The maximum absolute atomic E-state index is 12.5. The lowest BCUT2D eigenvalue weighted by Gasteiger charge is -2.35. The van der Waals surface area contributed by atoms with Gasteiger partial charge in [-0.3, -0.25) is 9.58 Å². The van der Waals surface area contributed by atoms with Crippen LogP contribution in [0.3, 0.4) is 0 Å². The molecule has 0 N–H and O–H groups in total. The zero-order valence-electron chi connectivity index (χ0n) is 15.8. The van der Waals surface area contributed by atoms with Crippen LogP contribution in [0.15, 0.2) is 29.3 Å². The highest BCUT2D eigenvalue weighted by Crippen LogP contribution is 2.22. The summed E-state index contributed by atoms with van der Waals surface area (Å²) in [6, 6.07) is 5.94. The first kappa shape index (κ1) is 18.8. The van der Waals surface area contributed by atoms with Crippen molar-refractivity contribution < 1.29 is 8.42 Å². The Morgan fingerprint density at radius 3 is 2.38 bits per heavy atom. The molecule has 3 rings (SSSR count). The molecule has 2 aromatic rings. The van der Waals surface area contributed by atoms with Gasteiger partial charge in [-0.05, 0) is 26.0 Å². The number of nitrogens with zero attached hydrogens (tertiary/aromatic N) is 6. The van der Waals surface area contributed by atoms with Crippen molar-refractivity contribution in [2.45, 2.75) is 25.4 Å².